The second-order valence-corrected chi connectivity index (χ2v) is 7.19. The number of nitrogens with two attached hydrogens (primary N) is 2. The van der Waals surface area contributed by atoms with Crippen molar-refractivity contribution >= 4 is 45.6 Å². The lowest BCUT2D eigenvalue weighted by Gasteiger charge is -2.11. The van der Waals surface area contributed by atoms with E-state index in [4.69, 9.17) is 23.1 Å². The highest BCUT2D eigenvalue weighted by atomic mass is 35.5. The number of nitrogens with zero attached hydrogens (tertiary/aromatic N) is 2. The highest BCUT2D eigenvalue weighted by Gasteiger charge is 2.32. The Hall–Kier alpha value is -1.56. The Labute approximate surface area is 146 Å². The number of nitrogen functional groups attached to an aromatic ring is 1. The number of carbonyl (C=O) groups is 1. The van der Waals surface area contributed by atoms with Crippen LogP contribution in [0.15, 0.2) is 28.1 Å². The predicted molar refractivity (Wildman–Crippen MR) is 85.8 cm³/mol. The summed E-state index contributed by atoms with van der Waals surface area (Å²) in [5, 5.41) is 2.92. The minimum Gasteiger partial charge on any atom is -0.611 e. The van der Waals surface area contributed by atoms with Gasteiger partial charge in [-0.25, -0.2) is 4.68 Å². The van der Waals surface area contributed by atoms with Gasteiger partial charge in [0, 0.05) is 0 Å². The van der Waals surface area contributed by atoms with Gasteiger partial charge in [-0.05, 0) is 41.1 Å². The number of alkyl halides is 3. The summed E-state index contributed by atoms with van der Waals surface area (Å²) in [4.78, 5) is 11.1. The lowest BCUT2D eigenvalue weighted by molar-refractivity contribution is -0.137. The number of carbonyl (C=O) groups excluding carboxylic acids is 1. The highest BCUT2D eigenvalue weighted by molar-refractivity contribution is 8.13. The van der Waals surface area contributed by atoms with Crippen LogP contribution < -0.4 is 11.5 Å². The van der Waals surface area contributed by atoms with Gasteiger partial charge in [0.15, 0.2) is 10.8 Å². The number of hydrogen-bond acceptors (Lipinski definition) is 5. The zero-order chi connectivity index (χ0) is 18.2. The van der Waals surface area contributed by atoms with E-state index < -0.39 is 28.2 Å². The van der Waals surface area contributed by atoms with Crippen LogP contribution >= 0.6 is 23.4 Å². The standard InChI is InChI=1S/C12H10ClF3N4O2S2/c1-24(22)8-9(17)20(19-10(8)23-11(18)21)7-3-2-5(4-6(7)13)12(14,15)16/h2-4H,17H2,1H3,(H2,18,21). The molecular weight excluding hydrogens is 389 g/mol. The van der Waals surface area contributed by atoms with Gasteiger partial charge in [-0.1, -0.05) is 11.6 Å². The molecule has 6 nitrogen and oxygen atoms in total. The summed E-state index contributed by atoms with van der Waals surface area (Å²) in [6.07, 6.45) is -3.24. The lowest BCUT2D eigenvalue weighted by Crippen LogP contribution is -2.08. The molecule has 0 saturated carbocycles. The Bertz CT molecular complexity index is 795. The number of aromatic nitrogens is 2. The number of halogens is 4. The topological polar surface area (TPSA) is 110 Å². The SMILES string of the molecule is C[S+]([O-])c1c(SC(N)=O)nn(-c2ccc(C(F)(F)F)cc2Cl)c1N. The molecule has 2 aromatic rings. The Kier molecular flexibility index (Phi) is 5.28. The molecule has 24 heavy (non-hydrogen) atoms. The maximum atomic E-state index is 12.7. The van der Waals surface area contributed by atoms with Crippen molar-refractivity contribution in [2.75, 3.05) is 12.0 Å². The van der Waals surface area contributed by atoms with E-state index in [1.54, 1.807) is 0 Å². The third-order valence-corrected chi connectivity index (χ3v) is 4.92. The largest absolute Gasteiger partial charge is 0.611 e. The Morgan fingerprint density at radius 3 is 2.54 bits per heavy atom. The van der Waals surface area contributed by atoms with Crippen LogP contribution in [0.2, 0.25) is 5.02 Å². The van der Waals surface area contributed by atoms with Crippen molar-refractivity contribution in [1.29, 1.82) is 0 Å². The van der Waals surface area contributed by atoms with Crippen molar-refractivity contribution in [3.8, 4) is 5.69 Å². The molecule has 1 atom stereocenters. The van der Waals surface area contributed by atoms with Gasteiger partial charge in [0.1, 0.15) is 6.26 Å². The van der Waals surface area contributed by atoms with Crippen LogP contribution in [0, 0.1) is 0 Å². The van der Waals surface area contributed by atoms with Crippen LogP contribution in [0.25, 0.3) is 5.69 Å². The summed E-state index contributed by atoms with van der Waals surface area (Å²) < 4.78 is 50.9. The predicted octanol–water partition coefficient (Wildman–Crippen LogP) is 3.03. The molecule has 4 N–H and O–H groups in total. The molecule has 0 aliphatic carbocycles. The fourth-order valence-electron chi connectivity index (χ4n) is 1.87. The zero-order valence-corrected chi connectivity index (χ0v) is 14.3. The first-order chi connectivity index (χ1) is 11.0. The molecule has 1 unspecified atom stereocenters. The van der Waals surface area contributed by atoms with E-state index in [1.165, 1.54) is 6.26 Å². The summed E-state index contributed by atoms with van der Waals surface area (Å²) in [6.45, 7) is 0. The summed E-state index contributed by atoms with van der Waals surface area (Å²) >= 11 is 4.80. The summed E-state index contributed by atoms with van der Waals surface area (Å²) in [6, 6.07) is 2.61. The average molecular weight is 399 g/mol. The quantitative estimate of drug-likeness (QED) is 0.610. The average Bonchev–Trinajstić information content (AvgIpc) is 2.73. The minimum absolute atomic E-state index is 0.00296. The van der Waals surface area contributed by atoms with Crippen molar-refractivity contribution in [2.24, 2.45) is 5.73 Å². The van der Waals surface area contributed by atoms with Gasteiger partial charge in [0.25, 0.3) is 5.24 Å². The fraction of sp³-hybridized carbons (Fsp3) is 0.167. The van der Waals surface area contributed by atoms with Gasteiger partial charge < -0.3 is 16.0 Å². The van der Waals surface area contributed by atoms with Crippen LogP contribution in [-0.2, 0) is 17.4 Å². The molecule has 1 heterocycles. The third kappa shape index (κ3) is 3.74. The van der Waals surface area contributed by atoms with Crippen molar-refractivity contribution in [1.82, 2.24) is 9.78 Å². The molecule has 2 rings (SSSR count). The van der Waals surface area contributed by atoms with Crippen molar-refractivity contribution in [3.05, 3.63) is 28.8 Å². The first-order valence-corrected chi connectivity index (χ1v) is 8.84. The first kappa shape index (κ1) is 18.8. The molecule has 0 radical (unpaired) electrons. The van der Waals surface area contributed by atoms with E-state index >= 15 is 0 Å². The van der Waals surface area contributed by atoms with Crippen molar-refractivity contribution in [2.45, 2.75) is 16.1 Å². The molecule has 0 fully saturated rings. The van der Waals surface area contributed by atoms with Gasteiger partial charge in [0.05, 0.1) is 16.3 Å². The minimum atomic E-state index is -4.55. The summed E-state index contributed by atoms with van der Waals surface area (Å²) in [5.41, 5.74) is 10.0. The maximum absolute atomic E-state index is 12.7. The molecule has 0 saturated heterocycles. The van der Waals surface area contributed by atoms with Crippen LogP contribution in [0.3, 0.4) is 0 Å². The van der Waals surface area contributed by atoms with Crippen LogP contribution in [-0.4, -0.2) is 25.8 Å². The molecule has 1 aromatic heterocycles. The smallest absolute Gasteiger partial charge is 0.416 e. The van der Waals surface area contributed by atoms with Crippen LogP contribution in [0.5, 0.6) is 0 Å². The van der Waals surface area contributed by atoms with Gasteiger partial charge in [-0.15, -0.1) is 0 Å². The van der Waals surface area contributed by atoms with Crippen molar-refractivity contribution < 1.29 is 22.5 Å². The fourth-order valence-corrected chi connectivity index (χ4v) is 3.78. The molecule has 130 valence electrons. The molecule has 0 aliphatic heterocycles. The number of rotatable bonds is 3. The number of amides is 1. The Balaban J connectivity index is 2.59. The number of primary amides is 1. The van der Waals surface area contributed by atoms with Gasteiger partial charge >= 0.3 is 6.18 Å². The number of hydrogen-bond donors (Lipinski definition) is 2. The van der Waals surface area contributed by atoms with Crippen LogP contribution in [0.4, 0.5) is 23.8 Å². The highest BCUT2D eigenvalue weighted by Crippen LogP contribution is 2.36. The van der Waals surface area contributed by atoms with E-state index in [1.807, 2.05) is 0 Å². The number of anilines is 1. The Morgan fingerprint density at radius 1 is 1.46 bits per heavy atom. The second kappa shape index (κ2) is 6.75. The second-order valence-electron chi connectivity index (χ2n) is 4.47. The zero-order valence-electron chi connectivity index (χ0n) is 11.9. The monoisotopic (exact) mass is 398 g/mol. The molecule has 12 heteroatoms. The molecule has 0 aliphatic rings. The summed E-state index contributed by atoms with van der Waals surface area (Å²) in [5.74, 6) is -0.110. The van der Waals surface area contributed by atoms with Gasteiger partial charge in [-0.3, -0.25) is 4.79 Å². The van der Waals surface area contributed by atoms with E-state index in [2.05, 4.69) is 5.10 Å². The third-order valence-electron chi connectivity index (χ3n) is 2.83. The van der Waals surface area contributed by atoms with Gasteiger partial charge in [-0.2, -0.15) is 18.3 Å². The van der Waals surface area contributed by atoms with E-state index in [0.29, 0.717) is 11.8 Å². The first-order valence-electron chi connectivity index (χ1n) is 6.08. The molecule has 1 aromatic carbocycles. The molecule has 1 amide bonds. The van der Waals surface area contributed by atoms with E-state index in [-0.39, 0.29) is 26.4 Å². The Morgan fingerprint density at radius 2 is 2.08 bits per heavy atom. The maximum Gasteiger partial charge on any atom is 0.416 e. The molecular formula is C12H10ClF3N4O2S2. The lowest BCUT2D eigenvalue weighted by atomic mass is 10.2. The van der Waals surface area contributed by atoms with E-state index in [9.17, 15) is 22.5 Å². The molecule has 0 spiro atoms. The van der Waals surface area contributed by atoms with E-state index in [0.717, 1.165) is 22.9 Å². The summed E-state index contributed by atoms with van der Waals surface area (Å²) in [7, 11) is 0. The number of thioether (sulfide) groups is 1. The molecule has 0 bridgehead atoms. The van der Waals surface area contributed by atoms with Crippen molar-refractivity contribution in [3.63, 3.8) is 0 Å². The number of benzene rings is 1. The van der Waals surface area contributed by atoms with Gasteiger partial charge in [0.2, 0.25) is 4.90 Å². The normalized spacial score (nSPS) is 13.1. The van der Waals surface area contributed by atoms with Crippen LogP contribution in [0.1, 0.15) is 5.56 Å².